The van der Waals surface area contributed by atoms with Gasteiger partial charge >= 0.3 is 0 Å². The van der Waals surface area contributed by atoms with Crippen molar-refractivity contribution in [3.8, 4) is 11.5 Å². The molecule has 4 heteroatoms. The molecule has 0 unspecified atom stereocenters. The van der Waals surface area contributed by atoms with Gasteiger partial charge in [-0.3, -0.25) is 4.79 Å². The van der Waals surface area contributed by atoms with Gasteiger partial charge in [0.15, 0.2) is 5.78 Å². The number of alkyl halides is 1. The number of ether oxygens (including phenoxy) is 2. The van der Waals surface area contributed by atoms with E-state index in [2.05, 4.69) is 0 Å². The van der Waals surface area contributed by atoms with Crippen LogP contribution in [-0.4, -0.2) is 20.0 Å². The first-order chi connectivity index (χ1) is 10.7. The fourth-order valence-electron chi connectivity index (χ4n) is 2.05. The van der Waals surface area contributed by atoms with E-state index >= 15 is 0 Å². The van der Waals surface area contributed by atoms with Crippen LogP contribution in [0.2, 0.25) is 0 Å². The molecule has 2 rings (SSSR count). The van der Waals surface area contributed by atoms with Crippen molar-refractivity contribution in [2.24, 2.45) is 0 Å². The minimum absolute atomic E-state index is 0.0814. The average Bonchev–Trinajstić information content (AvgIpc) is 2.59. The number of benzene rings is 2. The maximum atomic E-state index is 12.2. The molecule has 3 nitrogen and oxygen atoms in total. The molecule has 0 aliphatic rings. The molecule has 0 heterocycles. The molecule has 0 amide bonds. The van der Waals surface area contributed by atoms with Crippen LogP contribution in [-0.2, 0) is 5.88 Å². The number of methoxy groups -OCH3 is 2. The molecule has 22 heavy (non-hydrogen) atoms. The zero-order chi connectivity index (χ0) is 15.9. The van der Waals surface area contributed by atoms with E-state index in [1.54, 1.807) is 44.6 Å². The third-order valence-corrected chi connectivity index (χ3v) is 3.52. The second kappa shape index (κ2) is 7.66. The maximum Gasteiger partial charge on any atom is 0.185 e. The van der Waals surface area contributed by atoms with Gasteiger partial charge in [-0.2, -0.15) is 0 Å². The Morgan fingerprint density at radius 2 is 1.95 bits per heavy atom. The fourth-order valence-corrected chi connectivity index (χ4v) is 2.26. The Hall–Kier alpha value is -2.26. The summed E-state index contributed by atoms with van der Waals surface area (Å²) in [5, 5.41) is 0. The molecular formula is C18H17ClO3. The topological polar surface area (TPSA) is 35.5 Å². The predicted octanol–water partition coefficient (Wildman–Crippen LogP) is 4.34. The van der Waals surface area contributed by atoms with Gasteiger partial charge in [0.05, 0.1) is 20.1 Å². The van der Waals surface area contributed by atoms with E-state index in [-0.39, 0.29) is 5.78 Å². The third kappa shape index (κ3) is 3.89. The summed E-state index contributed by atoms with van der Waals surface area (Å²) in [6, 6.07) is 12.7. The molecule has 0 spiro atoms. The third-order valence-electron chi connectivity index (χ3n) is 3.23. The van der Waals surface area contributed by atoms with Gasteiger partial charge in [-0.1, -0.05) is 24.3 Å². The highest BCUT2D eigenvalue weighted by molar-refractivity contribution is 6.17. The number of hydrogen-bond acceptors (Lipinski definition) is 3. The second-order valence-corrected chi connectivity index (χ2v) is 4.90. The Morgan fingerprint density at radius 3 is 2.64 bits per heavy atom. The van der Waals surface area contributed by atoms with Crippen molar-refractivity contribution in [3.63, 3.8) is 0 Å². The molecule has 0 bridgehead atoms. The average molecular weight is 317 g/mol. The lowest BCUT2D eigenvalue weighted by Crippen LogP contribution is -1.95. The number of carbonyl (C=O) groups excluding carboxylic acids is 1. The fraction of sp³-hybridized carbons (Fsp3) is 0.167. The number of ketones is 1. The Labute approximate surface area is 135 Å². The van der Waals surface area contributed by atoms with Crippen molar-refractivity contribution in [1.29, 1.82) is 0 Å². The highest BCUT2D eigenvalue weighted by Gasteiger charge is 2.04. The summed E-state index contributed by atoms with van der Waals surface area (Å²) in [6.07, 6.45) is 3.30. The molecule has 114 valence electrons. The highest BCUT2D eigenvalue weighted by Crippen LogP contribution is 2.22. The Balaban J connectivity index is 2.18. The molecule has 0 aliphatic carbocycles. The van der Waals surface area contributed by atoms with E-state index in [1.807, 2.05) is 18.2 Å². The molecule has 0 aromatic heterocycles. The van der Waals surface area contributed by atoms with Crippen molar-refractivity contribution in [3.05, 3.63) is 65.2 Å². The number of allylic oxidation sites excluding steroid dienone is 1. The van der Waals surface area contributed by atoms with Crippen LogP contribution in [0.25, 0.3) is 6.08 Å². The van der Waals surface area contributed by atoms with Crippen LogP contribution in [0.1, 0.15) is 21.5 Å². The number of halogens is 1. The zero-order valence-corrected chi connectivity index (χ0v) is 13.3. The van der Waals surface area contributed by atoms with Gasteiger partial charge in [0.25, 0.3) is 0 Å². The number of hydrogen-bond donors (Lipinski definition) is 0. The summed E-state index contributed by atoms with van der Waals surface area (Å²) in [5.41, 5.74) is 2.37. The lowest BCUT2D eigenvalue weighted by atomic mass is 10.1. The van der Waals surface area contributed by atoms with Crippen molar-refractivity contribution in [2.75, 3.05) is 14.2 Å². The second-order valence-electron chi connectivity index (χ2n) is 4.63. The molecule has 2 aromatic rings. The number of rotatable bonds is 6. The van der Waals surface area contributed by atoms with Crippen molar-refractivity contribution in [2.45, 2.75) is 5.88 Å². The van der Waals surface area contributed by atoms with Gasteiger partial charge in [0.1, 0.15) is 11.5 Å². The first-order valence-electron chi connectivity index (χ1n) is 6.77. The standard InChI is InChI=1S/C18H17ClO3/c1-21-16-5-3-4-14(11-16)17(20)8-6-13-7-9-18(22-2)15(10-13)12-19/h3-11H,12H2,1-2H3/b8-6+. The molecule has 0 fully saturated rings. The monoisotopic (exact) mass is 316 g/mol. The number of carbonyl (C=O) groups is 1. The molecule has 0 saturated carbocycles. The van der Waals surface area contributed by atoms with Gasteiger partial charge in [-0.25, -0.2) is 0 Å². The van der Waals surface area contributed by atoms with E-state index in [9.17, 15) is 4.79 Å². The smallest absolute Gasteiger partial charge is 0.185 e. The van der Waals surface area contributed by atoms with Crippen LogP contribution in [0.4, 0.5) is 0 Å². The summed E-state index contributed by atoms with van der Waals surface area (Å²) in [4.78, 5) is 12.2. The van der Waals surface area contributed by atoms with Gasteiger partial charge < -0.3 is 9.47 Å². The molecule has 0 atom stereocenters. The van der Waals surface area contributed by atoms with E-state index < -0.39 is 0 Å². The first-order valence-corrected chi connectivity index (χ1v) is 7.30. The van der Waals surface area contributed by atoms with Gasteiger partial charge in [-0.15, -0.1) is 11.6 Å². The zero-order valence-electron chi connectivity index (χ0n) is 12.5. The van der Waals surface area contributed by atoms with Crippen molar-refractivity contribution in [1.82, 2.24) is 0 Å². The van der Waals surface area contributed by atoms with E-state index in [0.29, 0.717) is 17.2 Å². The van der Waals surface area contributed by atoms with Gasteiger partial charge in [0.2, 0.25) is 0 Å². The van der Waals surface area contributed by atoms with Crippen LogP contribution >= 0.6 is 11.6 Å². The van der Waals surface area contributed by atoms with Gasteiger partial charge in [-0.05, 0) is 35.9 Å². The minimum Gasteiger partial charge on any atom is -0.497 e. The first kappa shape index (κ1) is 16.1. The van der Waals surface area contributed by atoms with Crippen molar-refractivity contribution < 1.29 is 14.3 Å². The molecule has 0 N–H and O–H groups in total. The molecule has 0 saturated heterocycles. The SMILES string of the molecule is COc1cccc(C(=O)/C=C/c2ccc(OC)c(CCl)c2)c1. The van der Waals surface area contributed by atoms with Crippen LogP contribution in [0.3, 0.4) is 0 Å². The van der Waals surface area contributed by atoms with Crippen LogP contribution in [0, 0.1) is 0 Å². The molecule has 0 aliphatic heterocycles. The molecule has 2 aromatic carbocycles. The lowest BCUT2D eigenvalue weighted by molar-refractivity contribution is 0.104. The van der Waals surface area contributed by atoms with Crippen LogP contribution in [0.5, 0.6) is 11.5 Å². The van der Waals surface area contributed by atoms with Crippen molar-refractivity contribution >= 4 is 23.5 Å². The van der Waals surface area contributed by atoms with Crippen LogP contribution < -0.4 is 9.47 Å². The Bertz CT molecular complexity index is 692. The minimum atomic E-state index is -0.0814. The quantitative estimate of drug-likeness (QED) is 0.452. The van der Waals surface area contributed by atoms with Crippen LogP contribution in [0.15, 0.2) is 48.5 Å². The maximum absolute atomic E-state index is 12.2. The highest BCUT2D eigenvalue weighted by atomic mass is 35.5. The Morgan fingerprint density at radius 1 is 1.14 bits per heavy atom. The Kier molecular flexibility index (Phi) is 5.61. The lowest BCUT2D eigenvalue weighted by Gasteiger charge is -2.06. The van der Waals surface area contributed by atoms with E-state index in [1.165, 1.54) is 6.08 Å². The van der Waals surface area contributed by atoms with E-state index in [4.69, 9.17) is 21.1 Å². The largest absolute Gasteiger partial charge is 0.497 e. The molecular weight excluding hydrogens is 300 g/mol. The van der Waals surface area contributed by atoms with Gasteiger partial charge in [0, 0.05) is 11.1 Å². The summed E-state index contributed by atoms with van der Waals surface area (Å²) in [6.45, 7) is 0. The molecule has 0 radical (unpaired) electrons. The normalized spacial score (nSPS) is 10.7. The summed E-state index contributed by atoms with van der Waals surface area (Å²) < 4.78 is 10.3. The predicted molar refractivity (Wildman–Crippen MR) is 88.9 cm³/mol. The summed E-state index contributed by atoms with van der Waals surface area (Å²) >= 11 is 5.89. The van der Waals surface area contributed by atoms with E-state index in [0.717, 1.165) is 16.9 Å². The summed E-state index contributed by atoms with van der Waals surface area (Å²) in [7, 11) is 3.18. The summed E-state index contributed by atoms with van der Waals surface area (Å²) in [5.74, 6) is 1.68.